The van der Waals surface area contributed by atoms with Gasteiger partial charge in [0.25, 0.3) is 0 Å². The van der Waals surface area contributed by atoms with Crippen LogP contribution in [0.25, 0.3) is 0 Å². The third-order valence-corrected chi connectivity index (χ3v) is 1.41. The summed E-state index contributed by atoms with van der Waals surface area (Å²) in [6.07, 6.45) is -4.66. The Balaban J connectivity index is 2.64. The Kier molecular flexibility index (Phi) is 3.32. The van der Waals surface area contributed by atoms with Gasteiger partial charge in [-0.15, -0.1) is 13.2 Å². The van der Waals surface area contributed by atoms with E-state index < -0.39 is 6.36 Å². The van der Waals surface area contributed by atoms with E-state index in [4.69, 9.17) is 5.90 Å². The van der Waals surface area contributed by atoms with Crippen LogP contribution in [0, 0.1) is 0 Å². The van der Waals surface area contributed by atoms with Gasteiger partial charge in [-0.1, -0.05) is 12.1 Å². The van der Waals surface area contributed by atoms with Gasteiger partial charge in [0.2, 0.25) is 0 Å². The highest BCUT2D eigenvalue weighted by molar-refractivity contribution is 5.26. The van der Waals surface area contributed by atoms with Crippen molar-refractivity contribution in [2.45, 2.75) is 13.0 Å². The fourth-order valence-electron chi connectivity index (χ4n) is 0.884. The van der Waals surface area contributed by atoms with E-state index >= 15 is 0 Å². The van der Waals surface area contributed by atoms with Crippen molar-refractivity contribution in [3.05, 3.63) is 29.8 Å². The first-order chi connectivity index (χ1) is 6.51. The lowest BCUT2D eigenvalue weighted by Crippen LogP contribution is -2.17. The topological polar surface area (TPSA) is 44.5 Å². The Bertz CT molecular complexity index is 284. The number of benzene rings is 1. The molecule has 0 aliphatic heterocycles. The Morgan fingerprint density at radius 3 is 2.14 bits per heavy atom. The van der Waals surface area contributed by atoms with Crippen molar-refractivity contribution >= 4 is 0 Å². The first kappa shape index (κ1) is 10.8. The fraction of sp³-hybridized carbons (Fsp3) is 0.250. The van der Waals surface area contributed by atoms with Gasteiger partial charge in [0, 0.05) is 0 Å². The van der Waals surface area contributed by atoms with Crippen LogP contribution in [0.3, 0.4) is 0 Å². The van der Waals surface area contributed by atoms with Crippen molar-refractivity contribution in [3.8, 4) is 5.75 Å². The molecule has 0 fully saturated rings. The third-order valence-electron chi connectivity index (χ3n) is 1.41. The predicted molar refractivity (Wildman–Crippen MR) is 42.1 cm³/mol. The molecule has 0 aliphatic carbocycles. The highest BCUT2D eigenvalue weighted by Crippen LogP contribution is 2.22. The second-order valence-corrected chi connectivity index (χ2v) is 2.50. The van der Waals surface area contributed by atoms with Crippen LogP contribution in [0.2, 0.25) is 0 Å². The van der Waals surface area contributed by atoms with Crippen LogP contribution < -0.4 is 10.6 Å². The maximum atomic E-state index is 11.7. The summed E-state index contributed by atoms with van der Waals surface area (Å²) in [7, 11) is 0. The predicted octanol–water partition coefficient (Wildman–Crippen LogP) is 1.98. The van der Waals surface area contributed by atoms with Crippen molar-refractivity contribution in [3.63, 3.8) is 0 Å². The second kappa shape index (κ2) is 4.30. The summed E-state index contributed by atoms with van der Waals surface area (Å²) in [5.74, 6) is 4.52. The maximum absolute atomic E-state index is 11.7. The number of alkyl halides is 3. The SMILES string of the molecule is NOCc1ccc(OC(F)(F)F)cc1. The Labute approximate surface area is 78.2 Å². The summed E-state index contributed by atoms with van der Waals surface area (Å²) >= 11 is 0. The Morgan fingerprint density at radius 1 is 1.14 bits per heavy atom. The molecule has 6 heteroatoms. The van der Waals surface area contributed by atoms with Crippen LogP contribution in [-0.4, -0.2) is 6.36 Å². The highest BCUT2D eigenvalue weighted by atomic mass is 19.4. The molecule has 0 spiro atoms. The average Bonchev–Trinajstić information content (AvgIpc) is 2.06. The molecule has 2 N–H and O–H groups in total. The lowest BCUT2D eigenvalue weighted by Gasteiger charge is -2.08. The van der Waals surface area contributed by atoms with Crippen LogP contribution in [0.1, 0.15) is 5.56 Å². The summed E-state index contributed by atoms with van der Waals surface area (Å²) in [5, 5.41) is 0. The molecule has 78 valence electrons. The van der Waals surface area contributed by atoms with Crippen LogP contribution in [0.4, 0.5) is 13.2 Å². The van der Waals surface area contributed by atoms with Crippen LogP contribution in [-0.2, 0) is 11.4 Å². The maximum Gasteiger partial charge on any atom is 0.573 e. The van der Waals surface area contributed by atoms with Gasteiger partial charge in [0.15, 0.2) is 0 Å². The minimum Gasteiger partial charge on any atom is -0.406 e. The number of hydrogen-bond donors (Lipinski definition) is 1. The van der Waals surface area contributed by atoms with Crippen LogP contribution in [0.15, 0.2) is 24.3 Å². The third kappa shape index (κ3) is 3.63. The van der Waals surface area contributed by atoms with Gasteiger partial charge in [0.1, 0.15) is 5.75 Å². The molecule has 0 aliphatic rings. The minimum atomic E-state index is -4.66. The van der Waals surface area contributed by atoms with Gasteiger partial charge in [-0.3, -0.25) is 4.84 Å². The van der Waals surface area contributed by atoms with E-state index in [-0.39, 0.29) is 12.4 Å². The molecule has 0 bridgehead atoms. The van der Waals surface area contributed by atoms with Crippen LogP contribution in [0.5, 0.6) is 5.75 Å². The van der Waals surface area contributed by atoms with Crippen molar-refractivity contribution in [2.75, 3.05) is 0 Å². The number of rotatable bonds is 3. The number of halogens is 3. The summed E-state index contributed by atoms with van der Waals surface area (Å²) < 4.78 is 38.8. The highest BCUT2D eigenvalue weighted by Gasteiger charge is 2.30. The normalized spacial score (nSPS) is 11.4. The fourth-order valence-corrected chi connectivity index (χ4v) is 0.884. The molecule has 1 rings (SSSR count). The van der Waals surface area contributed by atoms with E-state index in [1.807, 2.05) is 0 Å². The Hall–Kier alpha value is -1.27. The smallest absolute Gasteiger partial charge is 0.406 e. The summed E-state index contributed by atoms with van der Waals surface area (Å²) in [6.45, 7) is 0.145. The zero-order valence-electron chi connectivity index (χ0n) is 7.04. The molecule has 1 aromatic rings. The molecule has 0 unspecified atom stereocenters. The molecule has 0 amide bonds. The van der Waals surface area contributed by atoms with E-state index in [1.54, 1.807) is 0 Å². The molecular weight excluding hydrogens is 199 g/mol. The van der Waals surface area contributed by atoms with Crippen molar-refractivity contribution in [1.82, 2.24) is 0 Å². The number of hydrogen-bond acceptors (Lipinski definition) is 3. The first-order valence-electron chi connectivity index (χ1n) is 3.67. The Morgan fingerprint density at radius 2 is 1.71 bits per heavy atom. The molecule has 0 radical (unpaired) electrons. The van der Waals surface area contributed by atoms with Crippen LogP contribution >= 0.6 is 0 Å². The number of ether oxygens (including phenoxy) is 1. The standard InChI is InChI=1S/C8H8F3NO2/c9-8(10,11)14-7-3-1-6(2-4-7)5-13-12/h1-4H,5,12H2. The molecule has 14 heavy (non-hydrogen) atoms. The van der Waals surface area contributed by atoms with Gasteiger partial charge in [-0.2, -0.15) is 0 Å². The summed E-state index contributed by atoms with van der Waals surface area (Å²) in [5.41, 5.74) is 0.669. The van der Waals surface area contributed by atoms with Crippen molar-refractivity contribution in [2.24, 2.45) is 5.90 Å². The molecular formula is C8H8F3NO2. The average molecular weight is 207 g/mol. The van der Waals surface area contributed by atoms with Crippen molar-refractivity contribution < 1.29 is 22.7 Å². The molecule has 3 nitrogen and oxygen atoms in total. The van der Waals surface area contributed by atoms with E-state index in [1.165, 1.54) is 24.3 Å². The lowest BCUT2D eigenvalue weighted by atomic mass is 10.2. The molecule has 1 aromatic carbocycles. The van der Waals surface area contributed by atoms with E-state index in [0.29, 0.717) is 5.56 Å². The van der Waals surface area contributed by atoms with Gasteiger partial charge in [-0.25, -0.2) is 5.90 Å². The van der Waals surface area contributed by atoms with Gasteiger partial charge >= 0.3 is 6.36 Å². The number of nitrogens with two attached hydrogens (primary N) is 1. The van der Waals surface area contributed by atoms with Gasteiger partial charge in [0.05, 0.1) is 6.61 Å². The van der Waals surface area contributed by atoms with E-state index in [0.717, 1.165) is 0 Å². The first-order valence-corrected chi connectivity index (χ1v) is 3.67. The molecule has 0 aromatic heterocycles. The second-order valence-electron chi connectivity index (χ2n) is 2.50. The summed E-state index contributed by atoms with van der Waals surface area (Å²) in [6, 6.07) is 5.27. The largest absolute Gasteiger partial charge is 0.573 e. The van der Waals surface area contributed by atoms with E-state index in [2.05, 4.69) is 9.57 Å². The molecule has 0 saturated carbocycles. The van der Waals surface area contributed by atoms with Gasteiger partial charge < -0.3 is 4.74 Å². The molecule has 0 heterocycles. The monoisotopic (exact) mass is 207 g/mol. The zero-order valence-corrected chi connectivity index (χ0v) is 7.04. The molecule has 0 atom stereocenters. The molecule has 0 saturated heterocycles. The zero-order chi connectivity index (χ0) is 10.6. The quantitative estimate of drug-likeness (QED) is 0.770. The van der Waals surface area contributed by atoms with Gasteiger partial charge in [-0.05, 0) is 17.7 Å². The van der Waals surface area contributed by atoms with E-state index in [9.17, 15) is 13.2 Å². The minimum absolute atomic E-state index is 0.145. The summed E-state index contributed by atoms with van der Waals surface area (Å²) in [4.78, 5) is 4.31. The van der Waals surface area contributed by atoms with Crippen molar-refractivity contribution in [1.29, 1.82) is 0 Å². The lowest BCUT2D eigenvalue weighted by molar-refractivity contribution is -0.274.